The van der Waals surface area contributed by atoms with Gasteiger partial charge in [-0.2, -0.15) is 5.10 Å². The zero-order chi connectivity index (χ0) is 17.2. The number of carbonyl (C=O) groups excluding carboxylic acids is 1. The highest BCUT2D eigenvalue weighted by atomic mass is 19.1. The van der Waals surface area contributed by atoms with E-state index in [1.54, 1.807) is 36.7 Å². The van der Waals surface area contributed by atoms with Crippen molar-refractivity contribution in [3.05, 3.63) is 59.9 Å². The average molecular weight is 340 g/mol. The van der Waals surface area contributed by atoms with Gasteiger partial charge in [0.1, 0.15) is 11.6 Å². The lowest BCUT2D eigenvalue weighted by Gasteiger charge is -2.23. The Kier molecular flexibility index (Phi) is 3.97. The summed E-state index contributed by atoms with van der Waals surface area (Å²) in [4.78, 5) is 12.2. The Morgan fingerprint density at radius 1 is 1.36 bits per heavy atom. The summed E-state index contributed by atoms with van der Waals surface area (Å²) >= 11 is 0. The van der Waals surface area contributed by atoms with Gasteiger partial charge in [0.25, 0.3) is 0 Å². The number of aromatic nitrogens is 2. The van der Waals surface area contributed by atoms with E-state index in [0.717, 1.165) is 24.1 Å². The van der Waals surface area contributed by atoms with E-state index >= 15 is 0 Å². The first-order chi connectivity index (χ1) is 12.2. The molecule has 0 aliphatic heterocycles. The fourth-order valence-corrected chi connectivity index (χ4v) is 3.10. The van der Waals surface area contributed by atoms with Crippen LogP contribution in [0.2, 0.25) is 0 Å². The van der Waals surface area contributed by atoms with Crippen LogP contribution in [-0.4, -0.2) is 22.3 Å². The molecule has 1 atom stereocenters. The van der Waals surface area contributed by atoms with E-state index in [1.807, 2.05) is 0 Å². The monoisotopic (exact) mass is 340 g/mol. The fourth-order valence-electron chi connectivity index (χ4n) is 3.10. The minimum Gasteiger partial charge on any atom is -0.464 e. The van der Waals surface area contributed by atoms with Crippen molar-refractivity contribution >= 4 is 11.7 Å². The highest BCUT2D eigenvalue weighted by Gasteiger charge is 2.22. The molecule has 6 nitrogen and oxygen atoms in total. The summed E-state index contributed by atoms with van der Waals surface area (Å²) in [7, 11) is 0. The second-order valence-electron chi connectivity index (χ2n) is 6.08. The second-order valence-corrected chi connectivity index (χ2v) is 6.08. The Balaban J connectivity index is 1.43. The van der Waals surface area contributed by atoms with Crippen LogP contribution in [0.1, 0.15) is 17.7 Å². The van der Waals surface area contributed by atoms with Gasteiger partial charge in [0.2, 0.25) is 0 Å². The van der Waals surface area contributed by atoms with Gasteiger partial charge in [-0.1, -0.05) is 0 Å². The van der Waals surface area contributed by atoms with Gasteiger partial charge in [-0.25, -0.2) is 9.18 Å². The smallest absolute Gasteiger partial charge is 0.319 e. The van der Waals surface area contributed by atoms with E-state index < -0.39 is 11.8 Å². The lowest BCUT2D eigenvalue weighted by atomic mass is 9.94. The van der Waals surface area contributed by atoms with Gasteiger partial charge >= 0.3 is 6.03 Å². The van der Waals surface area contributed by atoms with Crippen molar-refractivity contribution in [3.63, 3.8) is 0 Å². The number of hydrogen-bond acceptors (Lipinski definition) is 3. The topological polar surface area (TPSA) is 83.0 Å². The second kappa shape index (κ2) is 6.43. The third-order valence-electron chi connectivity index (χ3n) is 4.37. The maximum absolute atomic E-state index is 14.0. The number of nitrogens with zero attached hydrogens (tertiary/aromatic N) is 1. The van der Waals surface area contributed by atoms with Crippen LogP contribution in [0.5, 0.6) is 0 Å². The molecule has 4 rings (SSSR count). The summed E-state index contributed by atoms with van der Waals surface area (Å²) < 4.78 is 19.3. The number of furan rings is 1. The van der Waals surface area contributed by atoms with Crippen LogP contribution >= 0.6 is 0 Å². The number of urea groups is 1. The zero-order valence-electron chi connectivity index (χ0n) is 13.4. The van der Waals surface area contributed by atoms with Crippen LogP contribution in [0.15, 0.2) is 47.2 Å². The van der Waals surface area contributed by atoms with E-state index in [-0.39, 0.29) is 11.7 Å². The largest absolute Gasteiger partial charge is 0.464 e. The average Bonchev–Trinajstić information content (AvgIpc) is 3.27. The molecule has 1 aromatic carbocycles. The first-order valence-electron chi connectivity index (χ1n) is 8.11. The van der Waals surface area contributed by atoms with E-state index in [2.05, 4.69) is 20.8 Å². The number of halogens is 1. The minimum atomic E-state index is -0.494. The Bertz CT molecular complexity index is 888. The zero-order valence-corrected chi connectivity index (χ0v) is 13.4. The Labute approximate surface area is 143 Å². The molecule has 2 heterocycles. The molecule has 1 aliphatic rings. The van der Waals surface area contributed by atoms with Crippen LogP contribution in [0.3, 0.4) is 0 Å². The van der Waals surface area contributed by atoms with Crippen LogP contribution in [-0.2, 0) is 12.8 Å². The number of H-pyrrole nitrogens is 1. The number of rotatable bonds is 3. The summed E-state index contributed by atoms with van der Waals surface area (Å²) in [6.07, 6.45) is 5.70. The van der Waals surface area contributed by atoms with Gasteiger partial charge in [0.15, 0.2) is 0 Å². The predicted molar refractivity (Wildman–Crippen MR) is 90.7 cm³/mol. The van der Waals surface area contributed by atoms with Crippen LogP contribution in [0.4, 0.5) is 14.9 Å². The molecule has 0 spiro atoms. The highest BCUT2D eigenvalue weighted by Crippen LogP contribution is 2.25. The predicted octanol–water partition coefficient (Wildman–Crippen LogP) is 3.49. The van der Waals surface area contributed by atoms with Gasteiger partial charge in [0.05, 0.1) is 18.1 Å². The molecule has 0 bridgehead atoms. The van der Waals surface area contributed by atoms with Gasteiger partial charge < -0.3 is 15.1 Å². The summed E-state index contributed by atoms with van der Waals surface area (Å²) in [5.74, 6) is 0.120. The van der Waals surface area contributed by atoms with Gasteiger partial charge in [-0.05, 0) is 55.2 Å². The Morgan fingerprint density at radius 3 is 3.12 bits per heavy atom. The van der Waals surface area contributed by atoms with E-state index in [0.29, 0.717) is 17.7 Å². The van der Waals surface area contributed by atoms with Gasteiger partial charge in [0, 0.05) is 17.3 Å². The third kappa shape index (κ3) is 3.26. The molecule has 25 heavy (non-hydrogen) atoms. The fraction of sp³-hybridized carbons (Fsp3) is 0.222. The number of aromatic amines is 1. The Morgan fingerprint density at radius 2 is 2.28 bits per heavy atom. The molecule has 0 unspecified atom stereocenters. The third-order valence-corrected chi connectivity index (χ3v) is 4.37. The van der Waals surface area contributed by atoms with Crippen molar-refractivity contribution in [2.75, 3.05) is 5.32 Å². The van der Waals surface area contributed by atoms with Crippen molar-refractivity contribution in [3.8, 4) is 11.3 Å². The van der Waals surface area contributed by atoms with Crippen LogP contribution in [0, 0.1) is 5.82 Å². The number of amides is 2. The summed E-state index contributed by atoms with van der Waals surface area (Å²) in [6.45, 7) is 0. The number of carbonyl (C=O) groups is 1. The maximum atomic E-state index is 14.0. The molecular formula is C18H17FN4O2. The van der Waals surface area contributed by atoms with Crippen LogP contribution < -0.4 is 10.6 Å². The van der Waals surface area contributed by atoms with Crippen molar-refractivity contribution in [1.82, 2.24) is 15.5 Å². The minimum absolute atomic E-state index is 0.00131. The molecule has 3 aromatic rings. The summed E-state index contributed by atoms with van der Waals surface area (Å²) in [5, 5.41) is 12.5. The first-order valence-corrected chi connectivity index (χ1v) is 8.11. The summed E-state index contributed by atoms with van der Waals surface area (Å²) in [6, 6.07) is 7.59. The number of hydrogen-bond donors (Lipinski definition) is 3. The molecular weight excluding hydrogens is 323 g/mol. The number of aryl methyl sites for hydroxylation is 1. The first kappa shape index (κ1) is 15.4. The molecule has 1 aliphatic carbocycles. The number of benzene rings is 1. The molecule has 2 amide bonds. The lowest BCUT2D eigenvalue weighted by molar-refractivity contribution is 0.247. The Hall–Kier alpha value is -3.09. The van der Waals surface area contributed by atoms with Crippen LogP contribution in [0.25, 0.3) is 11.3 Å². The molecule has 0 radical (unpaired) electrons. The lowest BCUT2D eigenvalue weighted by Crippen LogP contribution is -2.41. The SMILES string of the molecule is O=C(Nc1cc(-c2ccco2)ccc1F)N[C@@H]1CCc2[nH]ncc2C1. The van der Waals surface area contributed by atoms with Crippen molar-refractivity contribution in [1.29, 1.82) is 0 Å². The molecule has 0 saturated heterocycles. The van der Waals surface area contributed by atoms with E-state index in [9.17, 15) is 9.18 Å². The highest BCUT2D eigenvalue weighted by molar-refractivity contribution is 5.90. The molecule has 0 fully saturated rings. The number of fused-ring (bicyclic) bond motifs is 1. The molecule has 2 aromatic heterocycles. The summed E-state index contributed by atoms with van der Waals surface area (Å²) in [5.41, 5.74) is 3.05. The van der Waals surface area contributed by atoms with Gasteiger partial charge in [-0.15, -0.1) is 0 Å². The van der Waals surface area contributed by atoms with Gasteiger partial charge in [-0.3, -0.25) is 5.10 Å². The van der Waals surface area contributed by atoms with Crippen molar-refractivity contribution < 1.29 is 13.6 Å². The maximum Gasteiger partial charge on any atom is 0.319 e. The number of nitrogens with one attached hydrogen (secondary N) is 3. The van der Waals surface area contributed by atoms with E-state index in [1.165, 1.54) is 6.07 Å². The molecule has 3 N–H and O–H groups in total. The number of anilines is 1. The molecule has 7 heteroatoms. The van der Waals surface area contributed by atoms with Crippen molar-refractivity contribution in [2.24, 2.45) is 0 Å². The van der Waals surface area contributed by atoms with Crippen molar-refractivity contribution in [2.45, 2.75) is 25.3 Å². The quantitative estimate of drug-likeness (QED) is 0.682. The normalized spacial score (nSPS) is 16.3. The standard InChI is InChI=1S/C18H17FN4O2/c19-14-5-3-11(17-2-1-7-25-17)9-16(14)22-18(24)21-13-4-6-15-12(8-13)10-20-23-15/h1-3,5,7,9-10,13H,4,6,8H2,(H,20,23)(H2,21,22,24)/t13-/m1/s1. The molecule has 0 saturated carbocycles. The van der Waals surface area contributed by atoms with E-state index in [4.69, 9.17) is 4.42 Å². The molecule has 128 valence electrons.